The first kappa shape index (κ1) is 17.6. The van der Waals surface area contributed by atoms with E-state index in [4.69, 9.17) is 27.3 Å². The lowest BCUT2D eigenvalue weighted by molar-refractivity contribution is -0.117. The third-order valence-electron chi connectivity index (χ3n) is 4.50. The first-order valence-electron chi connectivity index (χ1n) is 8.93. The van der Waals surface area contributed by atoms with E-state index in [1.54, 1.807) is 6.20 Å². The molecule has 0 aliphatic heterocycles. The van der Waals surface area contributed by atoms with Crippen LogP contribution in [0.4, 0.5) is 0 Å². The van der Waals surface area contributed by atoms with Crippen LogP contribution in [0.2, 0.25) is 5.02 Å². The van der Waals surface area contributed by atoms with E-state index in [0.29, 0.717) is 23.2 Å². The number of carbonyl (C=O) groups excluding carboxylic acids is 1. The molecule has 1 saturated carbocycles. The highest BCUT2D eigenvalue weighted by molar-refractivity contribution is 6.30. The Labute approximate surface area is 162 Å². The molecular weight excluding hydrogens is 360 g/mol. The molecule has 6 heteroatoms. The van der Waals surface area contributed by atoms with Crippen molar-refractivity contribution in [3.8, 4) is 11.4 Å². The monoisotopic (exact) mass is 378 g/mol. The third kappa shape index (κ3) is 4.49. The number of primary amides is 1. The highest BCUT2D eigenvalue weighted by Gasteiger charge is 2.26. The zero-order chi connectivity index (χ0) is 18.8. The summed E-state index contributed by atoms with van der Waals surface area (Å²) >= 11 is 6.13. The molecule has 2 aromatic heterocycles. The second-order valence-electron chi connectivity index (χ2n) is 6.87. The van der Waals surface area contributed by atoms with E-state index < -0.39 is 0 Å². The maximum absolute atomic E-state index is 11.0. The number of benzene rings is 1. The van der Waals surface area contributed by atoms with Gasteiger partial charge in [0.2, 0.25) is 5.91 Å². The van der Waals surface area contributed by atoms with E-state index in [-0.39, 0.29) is 12.3 Å². The van der Waals surface area contributed by atoms with Gasteiger partial charge in [0, 0.05) is 40.5 Å². The van der Waals surface area contributed by atoms with Gasteiger partial charge < -0.3 is 5.73 Å². The number of hydrogen-bond acceptors (Lipinski definition) is 4. The lowest BCUT2D eigenvalue weighted by Gasteiger charge is -2.09. The van der Waals surface area contributed by atoms with Crippen LogP contribution >= 0.6 is 11.6 Å². The minimum Gasteiger partial charge on any atom is -0.369 e. The molecule has 0 atom stereocenters. The first-order valence-corrected chi connectivity index (χ1v) is 9.30. The fourth-order valence-corrected chi connectivity index (χ4v) is 3.20. The fraction of sp³-hybridized carbons (Fsp3) is 0.238. The van der Waals surface area contributed by atoms with Crippen LogP contribution in [0.5, 0.6) is 0 Å². The van der Waals surface area contributed by atoms with Crippen LogP contribution in [-0.2, 0) is 17.6 Å². The highest BCUT2D eigenvalue weighted by atomic mass is 35.5. The van der Waals surface area contributed by atoms with E-state index >= 15 is 0 Å². The number of nitrogens with zero attached hydrogens (tertiary/aromatic N) is 3. The maximum Gasteiger partial charge on any atom is 0.221 e. The second-order valence-corrected chi connectivity index (χ2v) is 7.31. The minimum atomic E-state index is -0.361. The van der Waals surface area contributed by atoms with Gasteiger partial charge in [0.15, 0.2) is 5.82 Å². The molecule has 4 rings (SSSR count). The van der Waals surface area contributed by atoms with Gasteiger partial charge in [-0.25, -0.2) is 9.97 Å². The van der Waals surface area contributed by atoms with Crippen molar-refractivity contribution in [1.29, 1.82) is 0 Å². The summed E-state index contributed by atoms with van der Waals surface area (Å²) in [6.45, 7) is 0. The summed E-state index contributed by atoms with van der Waals surface area (Å²) in [5.74, 6) is 0.860. The van der Waals surface area contributed by atoms with Crippen molar-refractivity contribution < 1.29 is 4.79 Å². The maximum atomic E-state index is 11.0. The summed E-state index contributed by atoms with van der Waals surface area (Å²) in [7, 11) is 0. The van der Waals surface area contributed by atoms with Crippen LogP contribution < -0.4 is 5.73 Å². The molecule has 1 fully saturated rings. The quantitative estimate of drug-likeness (QED) is 0.709. The molecule has 1 aliphatic rings. The van der Waals surface area contributed by atoms with Crippen LogP contribution in [0.25, 0.3) is 11.4 Å². The predicted octanol–water partition coefficient (Wildman–Crippen LogP) is 3.69. The fourth-order valence-electron chi connectivity index (χ4n) is 3.01. The average Bonchev–Trinajstić information content (AvgIpc) is 3.48. The van der Waals surface area contributed by atoms with Crippen LogP contribution in [0.1, 0.15) is 41.4 Å². The van der Waals surface area contributed by atoms with Crippen LogP contribution in [0.3, 0.4) is 0 Å². The Hall–Kier alpha value is -2.79. The van der Waals surface area contributed by atoms with E-state index in [9.17, 15) is 4.79 Å². The van der Waals surface area contributed by atoms with Gasteiger partial charge in [0.1, 0.15) is 0 Å². The van der Waals surface area contributed by atoms with Crippen molar-refractivity contribution in [2.24, 2.45) is 5.73 Å². The van der Waals surface area contributed by atoms with Crippen molar-refractivity contribution in [2.45, 2.75) is 31.6 Å². The van der Waals surface area contributed by atoms with Crippen molar-refractivity contribution >= 4 is 17.5 Å². The molecule has 0 spiro atoms. The van der Waals surface area contributed by atoms with Gasteiger partial charge in [-0.05, 0) is 42.7 Å². The van der Waals surface area contributed by atoms with Crippen molar-refractivity contribution in [3.05, 3.63) is 76.3 Å². The highest BCUT2D eigenvalue weighted by Crippen LogP contribution is 2.39. The zero-order valence-electron chi connectivity index (χ0n) is 14.7. The molecule has 0 saturated heterocycles. The molecule has 2 heterocycles. The largest absolute Gasteiger partial charge is 0.369 e. The molecule has 5 nitrogen and oxygen atoms in total. The number of amides is 1. The Morgan fingerprint density at radius 1 is 1.11 bits per heavy atom. The zero-order valence-corrected chi connectivity index (χ0v) is 15.5. The summed E-state index contributed by atoms with van der Waals surface area (Å²) in [6.07, 6.45) is 4.84. The van der Waals surface area contributed by atoms with Gasteiger partial charge in [-0.3, -0.25) is 9.78 Å². The second kappa shape index (κ2) is 7.45. The van der Waals surface area contributed by atoms with Crippen LogP contribution in [-0.4, -0.2) is 20.9 Å². The molecule has 0 unspecified atom stereocenters. The lowest BCUT2D eigenvalue weighted by Crippen LogP contribution is -2.13. The minimum absolute atomic E-state index is 0.200. The number of nitrogens with two attached hydrogens (primary N) is 1. The standard InChI is InChI=1S/C21H19ClN4O/c22-16-3-1-2-15(9-16)21-25-18(11-19(26-21)14-5-6-14)10-17-7-4-13(12-24-17)8-20(23)27/h1-4,7,9,11-12,14H,5-6,8,10H2,(H2,23,27). The lowest BCUT2D eigenvalue weighted by atomic mass is 10.1. The average molecular weight is 379 g/mol. The topological polar surface area (TPSA) is 81.8 Å². The summed E-state index contributed by atoms with van der Waals surface area (Å²) in [5.41, 5.74) is 9.85. The van der Waals surface area contributed by atoms with E-state index in [0.717, 1.165) is 28.2 Å². The Kier molecular flexibility index (Phi) is 4.86. The SMILES string of the molecule is NC(=O)Cc1ccc(Cc2cc(C3CC3)nc(-c3cccc(Cl)c3)n2)nc1. The number of aromatic nitrogens is 3. The number of pyridine rings is 1. The smallest absolute Gasteiger partial charge is 0.221 e. The summed E-state index contributed by atoms with van der Waals surface area (Å²) < 4.78 is 0. The Morgan fingerprint density at radius 3 is 2.63 bits per heavy atom. The normalized spacial score (nSPS) is 13.5. The molecule has 2 N–H and O–H groups in total. The number of halogens is 1. The Bertz CT molecular complexity index is 984. The molecule has 136 valence electrons. The van der Waals surface area contributed by atoms with E-state index in [1.807, 2.05) is 36.4 Å². The third-order valence-corrected chi connectivity index (χ3v) is 4.74. The van der Waals surface area contributed by atoms with E-state index in [1.165, 1.54) is 12.8 Å². The van der Waals surface area contributed by atoms with Gasteiger partial charge >= 0.3 is 0 Å². The number of hydrogen-bond donors (Lipinski definition) is 1. The molecule has 0 bridgehead atoms. The molecule has 3 aromatic rings. The number of rotatable bonds is 6. The first-order chi connectivity index (χ1) is 13.1. The van der Waals surface area contributed by atoms with Gasteiger partial charge in [-0.15, -0.1) is 0 Å². The Morgan fingerprint density at radius 2 is 1.96 bits per heavy atom. The van der Waals surface area contributed by atoms with Gasteiger partial charge in [0.05, 0.1) is 12.1 Å². The van der Waals surface area contributed by atoms with Crippen LogP contribution in [0.15, 0.2) is 48.7 Å². The molecule has 27 heavy (non-hydrogen) atoms. The van der Waals surface area contributed by atoms with Crippen molar-refractivity contribution in [2.75, 3.05) is 0 Å². The van der Waals surface area contributed by atoms with Gasteiger partial charge in [0.25, 0.3) is 0 Å². The summed E-state index contributed by atoms with van der Waals surface area (Å²) in [4.78, 5) is 25.0. The predicted molar refractivity (Wildman–Crippen MR) is 104 cm³/mol. The van der Waals surface area contributed by atoms with Crippen molar-refractivity contribution in [1.82, 2.24) is 15.0 Å². The molecule has 1 aliphatic carbocycles. The van der Waals surface area contributed by atoms with Gasteiger partial charge in [-0.2, -0.15) is 0 Å². The summed E-state index contributed by atoms with van der Waals surface area (Å²) in [6, 6.07) is 13.5. The van der Waals surface area contributed by atoms with Crippen molar-refractivity contribution in [3.63, 3.8) is 0 Å². The van der Waals surface area contributed by atoms with E-state index in [2.05, 4.69) is 11.1 Å². The molecule has 1 amide bonds. The van der Waals surface area contributed by atoms with Crippen LogP contribution in [0, 0.1) is 0 Å². The summed E-state index contributed by atoms with van der Waals surface area (Å²) in [5, 5.41) is 0.668. The molecule has 1 aromatic carbocycles. The number of carbonyl (C=O) groups is 1. The Balaban J connectivity index is 1.63. The molecule has 0 radical (unpaired) electrons. The molecular formula is C21H19ClN4O. The van der Waals surface area contributed by atoms with Gasteiger partial charge in [-0.1, -0.05) is 29.8 Å².